The average Bonchev–Trinajstić information content (AvgIpc) is 2.62. The Kier molecular flexibility index (Phi) is 5.21. The van der Waals surface area contributed by atoms with Crippen molar-refractivity contribution in [2.45, 2.75) is 24.2 Å². The first kappa shape index (κ1) is 15.4. The van der Waals surface area contributed by atoms with Crippen molar-refractivity contribution in [3.8, 4) is 0 Å². The number of carbonyl (C=O) groups excluding carboxylic acids is 2. The van der Waals surface area contributed by atoms with Crippen LogP contribution < -0.4 is 10.6 Å². The Morgan fingerprint density at radius 3 is 2.95 bits per heavy atom. The number of fused-ring (bicyclic) bond motifs is 1. The number of amides is 2. The third-order valence-electron chi connectivity index (χ3n) is 2.96. The molecule has 0 bridgehead atoms. The molecule has 0 saturated heterocycles. The van der Waals surface area contributed by atoms with E-state index in [9.17, 15) is 14.4 Å². The first-order valence-corrected chi connectivity index (χ1v) is 7.61. The van der Waals surface area contributed by atoms with Crippen molar-refractivity contribution in [2.75, 3.05) is 17.6 Å². The number of nitrogens with one attached hydrogen (secondary N) is 2. The highest BCUT2D eigenvalue weighted by Gasteiger charge is 2.15. The van der Waals surface area contributed by atoms with Crippen LogP contribution in [0.25, 0.3) is 0 Å². The van der Waals surface area contributed by atoms with E-state index in [1.54, 1.807) is 23.9 Å². The van der Waals surface area contributed by atoms with Gasteiger partial charge in [-0.15, -0.1) is 11.8 Å². The van der Waals surface area contributed by atoms with Gasteiger partial charge in [0, 0.05) is 35.6 Å². The number of benzene rings is 1. The normalized spacial score (nSPS) is 13.8. The van der Waals surface area contributed by atoms with E-state index in [0.717, 1.165) is 10.6 Å². The van der Waals surface area contributed by atoms with E-state index >= 15 is 0 Å². The van der Waals surface area contributed by atoms with E-state index in [1.807, 2.05) is 6.07 Å². The minimum absolute atomic E-state index is 0.0250. The van der Waals surface area contributed by atoms with Crippen LogP contribution in [-0.4, -0.2) is 35.2 Å². The van der Waals surface area contributed by atoms with Crippen molar-refractivity contribution in [2.24, 2.45) is 0 Å². The van der Waals surface area contributed by atoms with Gasteiger partial charge in [-0.05, 0) is 24.6 Å². The monoisotopic (exact) mass is 308 g/mol. The third-order valence-corrected chi connectivity index (χ3v) is 4.03. The molecule has 1 aliphatic rings. The van der Waals surface area contributed by atoms with Crippen LogP contribution in [0.3, 0.4) is 0 Å². The van der Waals surface area contributed by atoms with Gasteiger partial charge in [-0.3, -0.25) is 14.4 Å². The standard InChI is InChI=1S/C14H16N2O4S/c17-12-5-7-21-11-4-3-9(8-10(11)16-12)14(20)15-6-1-2-13(18)19/h3-4,8H,1-2,5-7H2,(H,15,20)(H,16,17)(H,18,19). The molecular weight excluding hydrogens is 292 g/mol. The smallest absolute Gasteiger partial charge is 0.303 e. The van der Waals surface area contributed by atoms with Gasteiger partial charge in [0.05, 0.1) is 5.69 Å². The van der Waals surface area contributed by atoms with Gasteiger partial charge in [0.15, 0.2) is 0 Å². The molecule has 1 heterocycles. The minimum Gasteiger partial charge on any atom is -0.481 e. The van der Waals surface area contributed by atoms with E-state index in [1.165, 1.54) is 0 Å². The molecule has 0 spiro atoms. The van der Waals surface area contributed by atoms with E-state index in [4.69, 9.17) is 5.11 Å². The van der Waals surface area contributed by atoms with Crippen LogP contribution in [0.5, 0.6) is 0 Å². The van der Waals surface area contributed by atoms with Gasteiger partial charge in [-0.2, -0.15) is 0 Å². The molecule has 1 aromatic carbocycles. The van der Waals surface area contributed by atoms with E-state index in [2.05, 4.69) is 10.6 Å². The lowest BCUT2D eigenvalue weighted by atomic mass is 10.1. The number of carboxylic acids is 1. The van der Waals surface area contributed by atoms with Crippen molar-refractivity contribution in [1.29, 1.82) is 0 Å². The SMILES string of the molecule is O=C(O)CCCNC(=O)c1ccc2c(c1)NC(=O)CCS2. The summed E-state index contributed by atoms with van der Waals surface area (Å²) in [5.74, 6) is -0.486. The third kappa shape index (κ3) is 4.49. The van der Waals surface area contributed by atoms with E-state index in [0.29, 0.717) is 30.6 Å². The molecule has 1 aliphatic heterocycles. The number of anilines is 1. The Morgan fingerprint density at radius 1 is 1.38 bits per heavy atom. The molecule has 21 heavy (non-hydrogen) atoms. The number of hydrogen-bond acceptors (Lipinski definition) is 4. The van der Waals surface area contributed by atoms with Crippen LogP contribution in [0.1, 0.15) is 29.6 Å². The Hall–Kier alpha value is -2.02. The molecular formula is C14H16N2O4S. The molecule has 1 aromatic rings. The molecule has 0 aromatic heterocycles. The molecule has 6 nitrogen and oxygen atoms in total. The topological polar surface area (TPSA) is 95.5 Å². The van der Waals surface area contributed by atoms with Crippen LogP contribution in [-0.2, 0) is 9.59 Å². The van der Waals surface area contributed by atoms with Gasteiger partial charge in [-0.1, -0.05) is 0 Å². The van der Waals surface area contributed by atoms with Crippen LogP contribution in [0.2, 0.25) is 0 Å². The van der Waals surface area contributed by atoms with Gasteiger partial charge in [0.2, 0.25) is 5.91 Å². The summed E-state index contributed by atoms with van der Waals surface area (Å²) in [5.41, 5.74) is 1.10. The molecule has 3 N–H and O–H groups in total. The number of aliphatic carboxylic acids is 1. The van der Waals surface area contributed by atoms with Gasteiger partial charge >= 0.3 is 5.97 Å². The Morgan fingerprint density at radius 2 is 2.19 bits per heavy atom. The molecule has 112 valence electrons. The Balaban J connectivity index is 1.98. The van der Waals surface area contributed by atoms with Crippen molar-refractivity contribution in [3.63, 3.8) is 0 Å². The molecule has 7 heteroatoms. The fraction of sp³-hybridized carbons (Fsp3) is 0.357. The molecule has 0 saturated carbocycles. The minimum atomic E-state index is -0.881. The van der Waals surface area contributed by atoms with Crippen molar-refractivity contribution < 1.29 is 19.5 Å². The second-order valence-electron chi connectivity index (χ2n) is 4.61. The lowest BCUT2D eigenvalue weighted by molar-refractivity contribution is -0.137. The Labute approximate surface area is 126 Å². The maximum absolute atomic E-state index is 12.0. The average molecular weight is 308 g/mol. The molecule has 0 aliphatic carbocycles. The van der Waals surface area contributed by atoms with Crippen LogP contribution in [0.4, 0.5) is 5.69 Å². The zero-order valence-electron chi connectivity index (χ0n) is 11.3. The highest BCUT2D eigenvalue weighted by molar-refractivity contribution is 7.99. The fourth-order valence-electron chi connectivity index (χ4n) is 1.90. The van der Waals surface area contributed by atoms with Crippen LogP contribution >= 0.6 is 11.8 Å². The Bertz CT molecular complexity index is 574. The summed E-state index contributed by atoms with van der Waals surface area (Å²) >= 11 is 1.58. The highest BCUT2D eigenvalue weighted by atomic mass is 32.2. The summed E-state index contributed by atoms with van der Waals surface area (Å²) in [6.07, 6.45) is 0.867. The summed E-state index contributed by atoms with van der Waals surface area (Å²) in [6, 6.07) is 5.17. The molecule has 2 amide bonds. The first-order chi connectivity index (χ1) is 10.1. The number of rotatable bonds is 5. The summed E-state index contributed by atoms with van der Waals surface area (Å²) in [4.78, 5) is 34.8. The van der Waals surface area contributed by atoms with Crippen LogP contribution in [0.15, 0.2) is 23.1 Å². The largest absolute Gasteiger partial charge is 0.481 e. The highest BCUT2D eigenvalue weighted by Crippen LogP contribution is 2.31. The predicted octanol–water partition coefficient (Wildman–Crippen LogP) is 1.72. The molecule has 0 atom stereocenters. The number of thioether (sulfide) groups is 1. The zero-order chi connectivity index (χ0) is 15.2. The quantitative estimate of drug-likeness (QED) is 0.720. The summed E-state index contributed by atoms with van der Waals surface area (Å²) < 4.78 is 0. The predicted molar refractivity (Wildman–Crippen MR) is 79.6 cm³/mol. The second kappa shape index (κ2) is 7.12. The maximum atomic E-state index is 12.0. The number of carbonyl (C=O) groups is 3. The number of carboxylic acid groups (broad SMARTS) is 1. The van der Waals surface area contributed by atoms with Crippen molar-refractivity contribution >= 4 is 35.2 Å². The van der Waals surface area contributed by atoms with Gasteiger partial charge in [0.1, 0.15) is 0 Å². The fourth-order valence-corrected chi connectivity index (χ4v) is 2.84. The molecule has 0 unspecified atom stereocenters. The van der Waals surface area contributed by atoms with Crippen molar-refractivity contribution in [3.05, 3.63) is 23.8 Å². The number of hydrogen-bond donors (Lipinski definition) is 3. The van der Waals surface area contributed by atoms with Crippen molar-refractivity contribution in [1.82, 2.24) is 5.32 Å². The summed E-state index contributed by atoms with van der Waals surface area (Å²) in [6.45, 7) is 0.309. The van der Waals surface area contributed by atoms with Crippen LogP contribution in [0, 0.1) is 0 Å². The lowest BCUT2D eigenvalue weighted by Gasteiger charge is -2.09. The second-order valence-corrected chi connectivity index (χ2v) is 5.75. The van der Waals surface area contributed by atoms with Gasteiger partial charge in [0.25, 0.3) is 5.91 Å². The van der Waals surface area contributed by atoms with Gasteiger partial charge < -0.3 is 15.7 Å². The molecule has 0 radical (unpaired) electrons. The van der Waals surface area contributed by atoms with Gasteiger partial charge in [-0.25, -0.2) is 0 Å². The maximum Gasteiger partial charge on any atom is 0.303 e. The summed E-state index contributed by atoms with van der Waals surface area (Å²) in [7, 11) is 0. The van der Waals surface area contributed by atoms with E-state index < -0.39 is 5.97 Å². The molecule has 0 fully saturated rings. The van der Waals surface area contributed by atoms with E-state index in [-0.39, 0.29) is 18.2 Å². The summed E-state index contributed by atoms with van der Waals surface area (Å²) in [5, 5.41) is 14.0. The zero-order valence-corrected chi connectivity index (χ0v) is 12.2. The molecule has 2 rings (SSSR count). The first-order valence-electron chi connectivity index (χ1n) is 6.63. The lowest BCUT2D eigenvalue weighted by Crippen LogP contribution is -2.25.